The Balaban J connectivity index is 1.85. The molecule has 0 spiro atoms. The second-order valence-corrected chi connectivity index (χ2v) is 8.15. The van der Waals surface area contributed by atoms with Crippen molar-refractivity contribution in [3.8, 4) is 0 Å². The van der Waals surface area contributed by atoms with Crippen LogP contribution < -0.4 is 5.32 Å². The number of amides is 1. The highest BCUT2D eigenvalue weighted by molar-refractivity contribution is 7.13. The number of hydrogen-bond donors (Lipinski definition) is 2. The number of aromatic nitrogens is 1. The first-order valence-corrected chi connectivity index (χ1v) is 9.93. The summed E-state index contributed by atoms with van der Waals surface area (Å²) in [5, 5.41) is 12.8. The van der Waals surface area contributed by atoms with Gasteiger partial charge in [0.25, 0.3) is 0 Å². The van der Waals surface area contributed by atoms with Crippen LogP contribution in [0.25, 0.3) is 0 Å². The van der Waals surface area contributed by atoms with E-state index in [0.717, 1.165) is 36.2 Å². The highest BCUT2D eigenvalue weighted by Crippen LogP contribution is 2.40. The first-order chi connectivity index (χ1) is 12.8. The van der Waals surface area contributed by atoms with Crippen LogP contribution in [0.3, 0.4) is 0 Å². The average Bonchev–Trinajstić information content (AvgIpc) is 3.05. The molecule has 1 aromatic heterocycles. The molecule has 1 atom stereocenters. The molecule has 2 N–H and O–H groups in total. The van der Waals surface area contributed by atoms with Crippen molar-refractivity contribution in [2.75, 3.05) is 0 Å². The number of carboxylic acid groups (broad SMARTS) is 1. The maximum Gasteiger partial charge on any atom is 0.347 e. The van der Waals surface area contributed by atoms with E-state index >= 15 is 0 Å². The highest BCUT2D eigenvalue weighted by Gasteiger charge is 2.41. The summed E-state index contributed by atoms with van der Waals surface area (Å²) in [6.07, 6.45) is 4.40. The Morgan fingerprint density at radius 1 is 1.22 bits per heavy atom. The minimum Gasteiger partial charge on any atom is -0.477 e. The predicted molar refractivity (Wildman–Crippen MR) is 102 cm³/mol. The van der Waals surface area contributed by atoms with Gasteiger partial charge < -0.3 is 10.4 Å². The lowest BCUT2D eigenvalue weighted by Gasteiger charge is -2.37. The van der Waals surface area contributed by atoms with Crippen molar-refractivity contribution in [2.24, 2.45) is 0 Å². The number of nitrogens with one attached hydrogen (secondary N) is 1. The lowest BCUT2D eigenvalue weighted by Crippen LogP contribution is -2.46. The number of thiazole rings is 1. The van der Waals surface area contributed by atoms with Gasteiger partial charge in [0, 0.05) is 0 Å². The van der Waals surface area contributed by atoms with E-state index in [1.54, 1.807) is 19.1 Å². The molecule has 0 radical (unpaired) electrons. The lowest BCUT2D eigenvalue weighted by molar-refractivity contribution is -0.128. The summed E-state index contributed by atoms with van der Waals surface area (Å²) in [6, 6.07) is 5.79. The van der Waals surface area contributed by atoms with Crippen molar-refractivity contribution in [3.05, 3.63) is 51.2 Å². The summed E-state index contributed by atoms with van der Waals surface area (Å²) >= 11 is 1.09. The van der Waals surface area contributed by atoms with Gasteiger partial charge in [0.1, 0.15) is 15.7 Å². The topological polar surface area (TPSA) is 79.3 Å². The van der Waals surface area contributed by atoms with Crippen molar-refractivity contribution in [1.29, 1.82) is 0 Å². The molecule has 1 heterocycles. The van der Waals surface area contributed by atoms with Crippen LogP contribution in [0.5, 0.6) is 0 Å². The largest absolute Gasteiger partial charge is 0.477 e. The number of aromatic carboxylic acids is 1. The van der Waals surface area contributed by atoms with Crippen molar-refractivity contribution < 1.29 is 19.1 Å². The number of aryl methyl sites for hydroxylation is 1. The number of nitrogens with zero attached hydrogens (tertiary/aromatic N) is 1. The maximum absolute atomic E-state index is 13.4. The molecular weight excluding hydrogens is 367 g/mol. The first-order valence-electron chi connectivity index (χ1n) is 9.11. The standard InChI is InChI=1S/C20H23FN2O3S/c1-12-16(18(24)25)27-17(22-12)13(2)23-19(26)20(10-4-3-5-11-20)14-6-8-15(21)9-7-14/h6-9,13H,3-5,10-11H2,1-2H3,(H,23,26)(H,24,25). The second-order valence-electron chi connectivity index (χ2n) is 7.12. The van der Waals surface area contributed by atoms with Crippen LogP contribution in [-0.2, 0) is 10.2 Å². The molecule has 27 heavy (non-hydrogen) atoms. The van der Waals surface area contributed by atoms with E-state index in [2.05, 4.69) is 10.3 Å². The molecule has 5 nitrogen and oxygen atoms in total. The fraction of sp³-hybridized carbons (Fsp3) is 0.450. The van der Waals surface area contributed by atoms with Gasteiger partial charge in [0.05, 0.1) is 17.2 Å². The number of rotatable bonds is 5. The quantitative estimate of drug-likeness (QED) is 0.795. The average molecular weight is 390 g/mol. The molecule has 1 amide bonds. The van der Waals surface area contributed by atoms with Crippen LogP contribution in [0.1, 0.15) is 71.0 Å². The number of hydrogen-bond acceptors (Lipinski definition) is 4. The van der Waals surface area contributed by atoms with E-state index in [-0.39, 0.29) is 16.6 Å². The number of benzene rings is 1. The molecule has 7 heteroatoms. The highest BCUT2D eigenvalue weighted by atomic mass is 32.1. The van der Waals surface area contributed by atoms with Crippen molar-refractivity contribution >= 4 is 23.2 Å². The fourth-order valence-corrected chi connectivity index (χ4v) is 4.68. The van der Waals surface area contributed by atoms with E-state index < -0.39 is 17.4 Å². The maximum atomic E-state index is 13.4. The zero-order chi connectivity index (χ0) is 19.6. The SMILES string of the molecule is Cc1nc(C(C)NC(=O)C2(c3ccc(F)cc3)CCCCC2)sc1C(=O)O. The molecule has 0 aliphatic heterocycles. The Kier molecular flexibility index (Phi) is 5.60. The molecule has 0 bridgehead atoms. The van der Waals surface area contributed by atoms with Crippen LogP contribution in [0.4, 0.5) is 4.39 Å². The van der Waals surface area contributed by atoms with Gasteiger partial charge in [-0.2, -0.15) is 0 Å². The zero-order valence-corrected chi connectivity index (χ0v) is 16.2. The molecule has 3 rings (SSSR count). The van der Waals surface area contributed by atoms with Crippen LogP contribution in [-0.4, -0.2) is 22.0 Å². The Hall–Kier alpha value is -2.28. The molecule has 1 unspecified atom stereocenters. The molecule has 144 valence electrons. The Morgan fingerprint density at radius 3 is 2.41 bits per heavy atom. The van der Waals surface area contributed by atoms with Crippen molar-refractivity contribution in [2.45, 2.75) is 57.4 Å². The van der Waals surface area contributed by atoms with Crippen LogP contribution >= 0.6 is 11.3 Å². The third-order valence-corrected chi connectivity index (χ3v) is 6.59. The third-order valence-electron chi connectivity index (χ3n) is 5.26. The number of halogens is 1. The van der Waals surface area contributed by atoms with Crippen molar-refractivity contribution in [3.63, 3.8) is 0 Å². The van der Waals surface area contributed by atoms with Crippen molar-refractivity contribution in [1.82, 2.24) is 10.3 Å². The van der Waals surface area contributed by atoms with E-state index in [0.29, 0.717) is 23.5 Å². The molecule has 1 aliphatic rings. The van der Waals surface area contributed by atoms with E-state index in [1.165, 1.54) is 12.1 Å². The Labute approximate surface area is 161 Å². The number of carbonyl (C=O) groups is 2. The zero-order valence-electron chi connectivity index (χ0n) is 15.4. The fourth-order valence-electron chi connectivity index (χ4n) is 3.77. The van der Waals surface area contributed by atoms with Gasteiger partial charge in [-0.05, 0) is 44.4 Å². The van der Waals surface area contributed by atoms with Crippen LogP contribution in [0, 0.1) is 12.7 Å². The molecular formula is C20H23FN2O3S. The van der Waals surface area contributed by atoms with Gasteiger partial charge in [-0.15, -0.1) is 11.3 Å². The Morgan fingerprint density at radius 2 is 1.85 bits per heavy atom. The normalized spacial score (nSPS) is 17.3. The summed E-state index contributed by atoms with van der Waals surface area (Å²) in [6.45, 7) is 3.46. The molecule has 1 aliphatic carbocycles. The molecule has 0 saturated heterocycles. The molecule has 1 fully saturated rings. The van der Waals surface area contributed by atoms with E-state index in [4.69, 9.17) is 0 Å². The molecule has 2 aromatic rings. The molecule has 1 aromatic carbocycles. The lowest BCUT2D eigenvalue weighted by atomic mass is 9.68. The minimum atomic E-state index is -1.01. The van der Waals surface area contributed by atoms with Gasteiger partial charge >= 0.3 is 5.97 Å². The van der Waals surface area contributed by atoms with Crippen LogP contribution in [0.15, 0.2) is 24.3 Å². The van der Waals surface area contributed by atoms with E-state index in [9.17, 15) is 19.1 Å². The smallest absolute Gasteiger partial charge is 0.347 e. The monoisotopic (exact) mass is 390 g/mol. The molecule has 1 saturated carbocycles. The third kappa shape index (κ3) is 3.88. The minimum absolute atomic E-state index is 0.106. The summed E-state index contributed by atoms with van der Waals surface area (Å²) in [7, 11) is 0. The van der Waals surface area contributed by atoms with Gasteiger partial charge in [-0.25, -0.2) is 14.2 Å². The second kappa shape index (κ2) is 7.76. The van der Waals surface area contributed by atoms with Gasteiger partial charge in [-0.1, -0.05) is 31.4 Å². The van der Waals surface area contributed by atoms with E-state index in [1.807, 2.05) is 6.92 Å². The number of carbonyl (C=O) groups excluding carboxylic acids is 1. The number of carboxylic acids is 1. The van der Waals surface area contributed by atoms with Gasteiger partial charge in [0.2, 0.25) is 5.91 Å². The Bertz CT molecular complexity index is 841. The predicted octanol–water partition coefficient (Wildman–Crippen LogP) is 4.37. The summed E-state index contributed by atoms with van der Waals surface area (Å²) < 4.78 is 13.4. The van der Waals surface area contributed by atoms with Gasteiger partial charge in [0.15, 0.2) is 0 Å². The summed E-state index contributed by atoms with van der Waals surface area (Å²) in [4.78, 5) is 29.0. The van der Waals surface area contributed by atoms with Crippen LogP contribution in [0.2, 0.25) is 0 Å². The summed E-state index contributed by atoms with van der Waals surface area (Å²) in [5.74, 6) is -1.44. The summed E-state index contributed by atoms with van der Waals surface area (Å²) in [5.41, 5.74) is 0.603. The van der Waals surface area contributed by atoms with Gasteiger partial charge in [-0.3, -0.25) is 4.79 Å². The first kappa shape index (κ1) is 19.5.